The zero-order valence-electron chi connectivity index (χ0n) is 17.3. The number of anilines is 1. The maximum Gasteiger partial charge on any atom is 0.224 e. The van der Waals surface area contributed by atoms with E-state index in [0.29, 0.717) is 11.5 Å². The van der Waals surface area contributed by atoms with Crippen LogP contribution in [0.1, 0.15) is 12.3 Å². The number of rotatable bonds is 6. The van der Waals surface area contributed by atoms with Gasteiger partial charge in [0, 0.05) is 24.5 Å². The molecule has 3 aromatic carbocycles. The Morgan fingerprint density at radius 3 is 2.67 bits per heavy atom. The van der Waals surface area contributed by atoms with E-state index in [1.807, 2.05) is 42.5 Å². The quantitative estimate of drug-likeness (QED) is 0.350. The number of nitrogens with zero attached hydrogens (tertiary/aromatic N) is 2. The van der Waals surface area contributed by atoms with Gasteiger partial charge in [-0.25, -0.2) is 18.7 Å². The van der Waals surface area contributed by atoms with Gasteiger partial charge in [-0.05, 0) is 36.4 Å². The first-order chi connectivity index (χ1) is 16.1. The van der Waals surface area contributed by atoms with Crippen molar-refractivity contribution in [2.24, 2.45) is 0 Å². The largest absolute Gasteiger partial charge is 0.441 e. The molecule has 0 aliphatic heterocycles. The van der Waals surface area contributed by atoms with Crippen molar-refractivity contribution in [1.29, 1.82) is 0 Å². The van der Waals surface area contributed by atoms with Gasteiger partial charge < -0.3 is 14.7 Å². The number of amides is 1. The average molecular weight is 444 g/mol. The molecule has 164 valence electrons. The molecule has 2 N–H and O–H groups in total. The summed E-state index contributed by atoms with van der Waals surface area (Å²) >= 11 is 0. The second-order valence-corrected chi connectivity index (χ2v) is 7.44. The lowest BCUT2D eigenvalue weighted by Gasteiger charge is -2.09. The number of hydrogen-bond acceptors (Lipinski definition) is 4. The third-order valence-corrected chi connectivity index (χ3v) is 5.16. The zero-order chi connectivity index (χ0) is 22.8. The Morgan fingerprint density at radius 2 is 1.82 bits per heavy atom. The number of fused-ring (bicyclic) bond motifs is 1. The first-order valence-electron chi connectivity index (χ1n) is 10.3. The van der Waals surface area contributed by atoms with Crippen LogP contribution in [0.3, 0.4) is 0 Å². The molecule has 0 bridgehead atoms. The second-order valence-electron chi connectivity index (χ2n) is 7.44. The van der Waals surface area contributed by atoms with Crippen molar-refractivity contribution < 1.29 is 18.0 Å². The van der Waals surface area contributed by atoms with E-state index in [0.717, 1.165) is 28.7 Å². The van der Waals surface area contributed by atoms with Gasteiger partial charge in [-0.3, -0.25) is 4.79 Å². The number of imidazole rings is 1. The number of benzene rings is 3. The van der Waals surface area contributed by atoms with Crippen LogP contribution in [0.5, 0.6) is 0 Å². The van der Waals surface area contributed by atoms with Crippen LogP contribution in [0.15, 0.2) is 77.3 Å². The summed E-state index contributed by atoms with van der Waals surface area (Å²) < 4.78 is 32.6. The predicted molar refractivity (Wildman–Crippen MR) is 120 cm³/mol. The SMILES string of the molecule is O=C(CCc1ncc(-c2ccc(F)cc2F)o1)Nc1ccccc1-c1nc2ccccc2[nH]1. The van der Waals surface area contributed by atoms with Gasteiger partial charge in [-0.15, -0.1) is 0 Å². The highest BCUT2D eigenvalue weighted by molar-refractivity contribution is 5.95. The van der Waals surface area contributed by atoms with Crippen LogP contribution in [0.25, 0.3) is 33.7 Å². The van der Waals surface area contributed by atoms with Gasteiger partial charge in [-0.1, -0.05) is 24.3 Å². The molecule has 2 heterocycles. The Bertz CT molecular complexity index is 1420. The number of halogens is 2. The van der Waals surface area contributed by atoms with Crippen LogP contribution < -0.4 is 5.32 Å². The lowest BCUT2D eigenvalue weighted by atomic mass is 10.1. The molecule has 0 saturated carbocycles. The molecule has 33 heavy (non-hydrogen) atoms. The predicted octanol–water partition coefficient (Wildman–Crippen LogP) is 5.73. The normalized spacial score (nSPS) is 11.1. The van der Waals surface area contributed by atoms with Crippen LogP contribution in [-0.2, 0) is 11.2 Å². The summed E-state index contributed by atoms with van der Waals surface area (Å²) in [5.74, 6) is -0.516. The molecular formula is C25H18F2N4O2. The molecular weight excluding hydrogens is 426 g/mol. The molecule has 0 atom stereocenters. The smallest absolute Gasteiger partial charge is 0.224 e. The summed E-state index contributed by atoms with van der Waals surface area (Å²) in [7, 11) is 0. The topological polar surface area (TPSA) is 83.8 Å². The third-order valence-electron chi connectivity index (χ3n) is 5.16. The number of para-hydroxylation sites is 3. The van der Waals surface area contributed by atoms with E-state index in [1.54, 1.807) is 6.07 Å². The van der Waals surface area contributed by atoms with Crippen molar-refractivity contribution in [2.45, 2.75) is 12.8 Å². The lowest BCUT2D eigenvalue weighted by molar-refractivity contribution is -0.116. The minimum Gasteiger partial charge on any atom is -0.441 e. The summed E-state index contributed by atoms with van der Waals surface area (Å²) in [6, 6.07) is 18.3. The summed E-state index contributed by atoms with van der Waals surface area (Å²) in [4.78, 5) is 24.6. The van der Waals surface area contributed by atoms with E-state index in [4.69, 9.17) is 4.42 Å². The Morgan fingerprint density at radius 1 is 1.00 bits per heavy atom. The molecule has 5 aromatic rings. The fourth-order valence-corrected chi connectivity index (χ4v) is 3.55. The number of H-pyrrole nitrogens is 1. The highest BCUT2D eigenvalue weighted by Gasteiger charge is 2.15. The number of nitrogens with one attached hydrogen (secondary N) is 2. The number of carbonyl (C=O) groups is 1. The number of aromatic amines is 1. The van der Waals surface area contributed by atoms with Crippen molar-refractivity contribution in [3.8, 4) is 22.7 Å². The van der Waals surface area contributed by atoms with Gasteiger partial charge in [0.05, 0.1) is 28.5 Å². The maximum atomic E-state index is 13.9. The summed E-state index contributed by atoms with van der Waals surface area (Å²) in [6.45, 7) is 0. The minimum absolute atomic E-state index is 0.111. The average Bonchev–Trinajstić information content (AvgIpc) is 3.45. The van der Waals surface area contributed by atoms with Gasteiger partial charge in [0.1, 0.15) is 17.5 Å². The number of carbonyl (C=O) groups excluding carboxylic acids is 1. The molecule has 0 aliphatic rings. The van der Waals surface area contributed by atoms with Crippen LogP contribution >= 0.6 is 0 Å². The zero-order valence-corrected chi connectivity index (χ0v) is 17.3. The molecule has 8 heteroatoms. The molecule has 5 rings (SSSR count). The lowest BCUT2D eigenvalue weighted by Crippen LogP contribution is -2.13. The molecule has 0 aliphatic carbocycles. The molecule has 0 saturated heterocycles. The van der Waals surface area contributed by atoms with E-state index in [1.165, 1.54) is 12.3 Å². The van der Waals surface area contributed by atoms with Crippen molar-refractivity contribution in [3.63, 3.8) is 0 Å². The fourth-order valence-electron chi connectivity index (χ4n) is 3.55. The highest BCUT2D eigenvalue weighted by atomic mass is 19.1. The highest BCUT2D eigenvalue weighted by Crippen LogP contribution is 2.28. The van der Waals surface area contributed by atoms with E-state index in [-0.39, 0.29) is 36.0 Å². The Kier molecular flexibility index (Phi) is 5.40. The van der Waals surface area contributed by atoms with Crippen LogP contribution in [0.4, 0.5) is 14.5 Å². The molecule has 2 aromatic heterocycles. The van der Waals surface area contributed by atoms with Gasteiger partial charge in [0.2, 0.25) is 5.91 Å². The monoisotopic (exact) mass is 444 g/mol. The van der Waals surface area contributed by atoms with Gasteiger partial charge in [0.15, 0.2) is 11.7 Å². The Labute approximate surface area is 187 Å². The van der Waals surface area contributed by atoms with Crippen molar-refractivity contribution in [1.82, 2.24) is 15.0 Å². The maximum absolute atomic E-state index is 13.9. The molecule has 0 radical (unpaired) electrons. The molecule has 0 unspecified atom stereocenters. The summed E-state index contributed by atoms with van der Waals surface area (Å²) in [5.41, 5.74) is 3.26. The summed E-state index contributed by atoms with van der Waals surface area (Å²) in [6.07, 6.45) is 1.70. The number of aryl methyl sites for hydroxylation is 1. The first-order valence-corrected chi connectivity index (χ1v) is 10.3. The molecule has 0 fully saturated rings. The fraction of sp³-hybridized carbons (Fsp3) is 0.0800. The number of aromatic nitrogens is 3. The van der Waals surface area contributed by atoms with Crippen LogP contribution in [0, 0.1) is 11.6 Å². The molecule has 6 nitrogen and oxygen atoms in total. The van der Waals surface area contributed by atoms with Crippen molar-refractivity contribution in [2.75, 3.05) is 5.32 Å². The van der Waals surface area contributed by atoms with Crippen LogP contribution in [-0.4, -0.2) is 20.9 Å². The van der Waals surface area contributed by atoms with Crippen LogP contribution in [0.2, 0.25) is 0 Å². The Hall–Kier alpha value is -4.33. The second kappa shape index (κ2) is 8.66. The minimum atomic E-state index is -0.738. The van der Waals surface area contributed by atoms with Gasteiger partial charge in [0.25, 0.3) is 0 Å². The van der Waals surface area contributed by atoms with Crippen molar-refractivity contribution in [3.05, 3.63) is 90.5 Å². The van der Waals surface area contributed by atoms with Gasteiger partial charge in [-0.2, -0.15) is 0 Å². The van der Waals surface area contributed by atoms with E-state index < -0.39 is 11.6 Å². The molecule has 0 spiro atoms. The first kappa shape index (κ1) is 20.6. The van der Waals surface area contributed by atoms with E-state index >= 15 is 0 Å². The summed E-state index contributed by atoms with van der Waals surface area (Å²) in [5, 5.41) is 2.91. The van der Waals surface area contributed by atoms with E-state index in [9.17, 15) is 13.6 Å². The molecule has 1 amide bonds. The van der Waals surface area contributed by atoms with Crippen molar-refractivity contribution >= 4 is 22.6 Å². The third kappa shape index (κ3) is 4.36. The number of oxazole rings is 1. The Balaban J connectivity index is 1.27. The van der Waals surface area contributed by atoms with Gasteiger partial charge >= 0.3 is 0 Å². The van der Waals surface area contributed by atoms with E-state index in [2.05, 4.69) is 20.3 Å². The standard InChI is InChI=1S/C25H18F2N4O2/c26-15-9-10-16(18(27)13-15)22-14-28-24(33-22)12-11-23(32)29-19-6-2-1-5-17(19)25-30-20-7-3-4-8-21(20)31-25/h1-10,13-14H,11-12H2,(H,29,32)(H,30,31). The number of hydrogen-bond donors (Lipinski definition) is 2.